The highest BCUT2D eigenvalue weighted by Crippen LogP contribution is 2.23. The molecule has 1 aromatic heterocycles. The number of hydrogen-bond acceptors (Lipinski definition) is 4. The van der Waals surface area contributed by atoms with Crippen LogP contribution in [0.2, 0.25) is 5.15 Å². The number of aromatic nitrogens is 2. The van der Waals surface area contributed by atoms with Crippen molar-refractivity contribution in [3.63, 3.8) is 0 Å². The molecule has 1 atom stereocenters. The molecule has 0 aliphatic heterocycles. The maximum absolute atomic E-state index is 12.2. The molecule has 0 bridgehead atoms. The second-order valence-electron chi connectivity index (χ2n) is 4.71. The average Bonchev–Trinajstić information content (AvgIpc) is 2.32. The number of nitrogens with one attached hydrogen (secondary N) is 1. The van der Waals surface area contributed by atoms with E-state index in [1.807, 2.05) is 0 Å². The Morgan fingerprint density at radius 3 is 2.60 bits per heavy atom. The predicted molar refractivity (Wildman–Crippen MR) is 69.6 cm³/mol. The number of halogens is 4. The van der Waals surface area contributed by atoms with E-state index in [2.05, 4.69) is 15.5 Å². The summed E-state index contributed by atoms with van der Waals surface area (Å²) < 4.78 is 36.5. The van der Waals surface area contributed by atoms with Crippen LogP contribution in [0.25, 0.3) is 0 Å². The number of rotatable bonds is 6. The van der Waals surface area contributed by atoms with Crippen molar-refractivity contribution in [2.24, 2.45) is 5.92 Å². The van der Waals surface area contributed by atoms with Crippen molar-refractivity contribution in [1.82, 2.24) is 10.2 Å². The quantitative estimate of drug-likeness (QED) is 0.874. The number of hydrogen-bond donors (Lipinski definition) is 1. The highest BCUT2D eigenvalue weighted by Gasteiger charge is 2.30. The Bertz CT molecular complexity index is 466. The van der Waals surface area contributed by atoms with Crippen LogP contribution in [0.3, 0.4) is 0 Å². The van der Waals surface area contributed by atoms with Crippen LogP contribution in [-0.2, 0) is 4.79 Å². The summed E-state index contributed by atoms with van der Waals surface area (Å²) in [5.41, 5.74) is 0.448. The average molecular weight is 310 g/mol. The highest BCUT2D eigenvalue weighted by molar-refractivity contribution is 6.29. The zero-order valence-electron chi connectivity index (χ0n) is 11.0. The third kappa shape index (κ3) is 5.73. The van der Waals surface area contributed by atoms with Gasteiger partial charge in [0.25, 0.3) is 0 Å². The molecule has 0 spiro atoms. The largest absolute Gasteiger partial charge is 0.389 e. The molecule has 1 rings (SSSR count). The molecule has 0 saturated carbocycles. The van der Waals surface area contributed by atoms with Crippen molar-refractivity contribution < 1.29 is 18.0 Å². The van der Waals surface area contributed by atoms with Gasteiger partial charge in [-0.1, -0.05) is 25.4 Å². The van der Waals surface area contributed by atoms with Crippen LogP contribution in [0.4, 0.5) is 18.9 Å². The molecule has 0 aromatic carbocycles. The summed E-state index contributed by atoms with van der Waals surface area (Å²) in [7, 11) is 0. The molecule has 0 unspecified atom stereocenters. The summed E-state index contributed by atoms with van der Waals surface area (Å²) in [4.78, 5) is 11.9. The minimum Gasteiger partial charge on any atom is -0.374 e. The highest BCUT2D eigenvalue weighted by atomic mass is 35.5. The Hall–Kier alpha value is -1.37. The summed E-state index contributed by atoms with van der Waals surface area (Å²) >= 11 is 5.66. The normalized spacial score (nSPS) is 13.3. The van der Waals surface area contributed by atoms with Crippen LogP contribution in [0.5, 0.6) is 0 Å². The zero-order valence-corrected chi connectivity index (χ0v) is 11.8. The summed E-state index contributed by atoms with van der Waals surface area (Å²) in [6, 6.07) is 0.735. The Morgan fingerprint density at radius 1 is 1.45 bits per heavy atom. The van der Waals surface area contributed by atoms with E-state index in [-0.39, 0.29) is 11.1 Å². The fraction of sp³-hybridized carbons (Fsp3) is 0.583. The monoisotopic (exact) mass is 309 g/mol. The van der Waals surface area contributed by atoms with Gasteiger partial charge in [0.15, 0.2) is 10.9 Å². The molecular weight excluding hydrogens is 295 g/mol. The number of carbonyl (C=O) groups is 1. The van der Waals surface area contributed by atoms with Gasteiger partial charge >= 0.3 is 6.18 Å². The molecule has 8 heteroatoms. The van der Waals surface area contributed by atoms with Crippen molar-refractivity contribution >= 4 is 23.1 Å². The summed E-state index contributed by atoms with van der Waals surface area (Å²) in [5, 5.41) is 10.1. The lowest BCUT2D eigenvalue weighted by molar-refractivity contribution is -0.143. The van der Waals surface area contributed by atoms with E-state index in [0.29, 0.717) is 5.69 Å². The van der Waals surface area contributed by atoms with Crippen molar-refractivity contribution in [3.8, 4) is 0 Å². The van der Waals surface area contributed by atoms with E-state index in [1.165, 1.54) is 12.3 Å². The van der Waals surface area contributed by atoms with Crippen LogP contribution in [0, 0.1) is 5.92 Å². The standard InChI is InChI=1S/C12H15ClF3N3O/c1-7(2)11(9(20)3-4-12(14,15)16)18-8-5-10(13)19-17-6-8/h5-7,11H,3-4H2,1-2H3,(H,18,19)/t11-/m1/s1. The van der Waals surface area contributed by atoms with Gasteiger partial charge in [-0.05, 0) is 5.92 Å². The van der Waals surface area contributed by atoms with E-state index >= 15 is 0 Å². The molecule has 0 radical (unpaired) electrons. The fourth-order valence-electron chi connectivity index (χ4n) is 1.64. The molecule has 1 aromatic rings. The Balaban J connectivity index is 2.72. The topological polar surface area (TPSA) is 54.9 Å². The van der Waals surface area contributed by atoms with Gasteiger partial charge in [-0.2, -0.15) is 18.3 Å². The zero-order chi connectivity index (χ0) is 15.3. The van der Waals surface area contributed by atoms with Crippen LogP contribution < -0.4 is 5.32 Å². The van der Waals surface area contributed by atoms with Gasteiger partial charge in [0.05, 0.1) is 24.3 Å². The van der Waals surface area contributed by atoms with Crippen molar-refractivity contribution in [2.45, 2.75) is 38.9 Å². The van der Waals surface area contributed by atoms with Crippen molar-refractivity contribution in [3.05, 3.63) is 17.4 Å². The molecule has 4 nitrogen and oxygen atoms in total. The fourth-order valence-corrected chi connectivity index (χ4v) is 1.80. The molecule has 112 valence electrons. The van der Waals surface area contributed by atoms with Crippen molar-refractivity contribution in [2.75, 3.05) is 5.32 Å². The van der Waals surface area contributed by atoms with Gasteiger partial charge in [0, 0.05) is 12.5 Å². The van der Waals surface area contributed by atoms with Crippen molar-refractivity contribution in [1.29, 1.82) is 0 Å². The minimum absolute atomic E-state index is 0.139. The third-order valence-electron chi connectivity index (χ3n) is 2.62. The lowest BCUT2D eigenvalue weighted by Crippen LogP contribution is -2.35. The van der Waals surface area contributed by atoms with E-state index in [9.17, 15) is 18.0 Å². The van der Waals surface area contributed by atoms with E-state index < -0.39 is 30.8 Å². The number of anilines is 1. The second-order valence-corrected chi connectivity index (χ2v) is 5.10. The van der Waals surface area contributed by atoms with Crippen LogP contribution in [0.1, 0.15) is 26.7 Å². The Kier molecular flexibility index (Phi) is 5.74. The predicted octanol–water partition coefficient (Wildman–Crippen LogP) is 3.48. The molecule has 0 saturated heterocycles. The first-order chi connectivity index (χ1) is 9.19. The Labute approximate surface area is 119 Å². The molecule has 1 heterocycles. The maximum Gasteiger partial charge on any atom is 0.389 e. The lowest BCUT2D eigenvalue weighted by Gasteiger charge is -2.22. The van der Waals surface area contributed by atoms with Crippen LogP contribution in [0.15, 0.2) is 12.3 Å². The van der Waals surface area contributed by atoms with Gasteiger partial charge in [-0.3, -0.25) is 4.79 Å². The molecule has 1 N–H and O–H groups in total. The van der Waals surface area contributed by atoms with E-state index in [0.717, 1.165) is 0 Å². The molecule has 0 aliphatic carbocycles. The van der Waals surface area contributed by atoms with Gasteiger partial charge in [0.1, 0.15) is 0 Å². The Morgan fingerprint density at radius 2 is 2.10 bits per heavy atom. The SMILES string of the molecule is CC(C)[C@@H](Nc1cnnc(Cl)c1)C(=O)CCC(F)(F)F. The minimum atomic E-state index is -4.33. The van der Waals surface area contributed by atoms with E-state index in [4.69, 9.17) is 11.6 Å². The number of alkyl halides is 3. The smallest absolute Gasteiger partial charge is 0.374 e. The molecule has 0 amide bonds. The first-order valence-electron chi connectivity index (χ1n) is 6.03. The third-order valence-corrected chi connectivity index (χ3v) is 2.80. The number of nitrogens with zero attached hydrogens (tertiary/aromatic N) is 2. The van der Waals surface area contributed by atoms with Gasteiger partial charge < -0.3 is 5.32 Å². The lowest BCUT2D eigenvalue weighted by atomic mass is 9.96. The van der Waals surface area contributed by atoms with Crippen LogP contribution in [-0.4, -0.2) is 28.2 Å². The molecular formula is C12H15ClF3N3O. The first kappa shape index (κ1) is 16.7. The van der Waals surface area contributed by atoms with Crippen LogP contribution >= 0.6 is 11.6 Å². The number of ketones is 1. The summed E-state index contributed by atoms with van der Waals surface area (Å²) in [6.07, 6.45) is -4.64. The van der Waals surface area contributed by atoms with Gasteiger partial charge in [0.2, 0.25) is 0 Å². The molecule has 0 fully saturated rings. The first-order valence-corrected chi connectivity index (χ1v) is 6.41. The second kappa shape index (κ2) is 6.88. The number of Topliss-reactive ketones (excluding diaryl/α,β-unsaturated/α-hetero) is 1. The van der Waals surface area contributed by atoms with Gasteiger partial charge in [-0.15, -0.1) is 5.10 Å². The maximum atomic E-state index is 12.2. The molecule has 20 heavy (non-hydrogen) atoms. The summed E-state index contributed by atoms with van der Waals surface area (Å²) in [5.74, 6) is -0.659. The van der Waals surface area contributed by atoms with Gasteiger partial charge in [-0.25, -0.2) is 0 Å². The van der Waals surface area contributed by atoms with E-state index in [1.54, 1.807) is 13.8 Å². The summed E-state index contributed by atoms with van der Waals surface area (Å²) in [6.45, 7) is 3.50. The molecule has 0 aliphatic rings. The number of carbonyl (C=O) groups excluding carboxylic acids is 1.